The topological polar surface area (TPSA) is 55.3 Å². The Bertz CT molecular complexity index is 1240. The van der Waals surface area contributed by atoms with Gasteiger partial charge in [0.15, 0.2) is 0 Å². The summed E-state index contributed by atoms with van der Waals surface area (Å²) in [5.41, 5.74) is 4.65. The van der Waals surface area contributed by atoms with Crippen LogP contribution in [0.5, 0.6) is 0 Å². The van der Waals surface area contributed by atoms with E-state index in [4.69, 9.17) is 9.72 Å². The van der Waals surface area contributed by atoms with Gasteiger partial charge >= 0.3 is 0 Å². The highest BCUT2D eigenvalue weighted by atomic mass is 32.1. The highest BCUT2D eigenvalue weighted by Gasteiger charge is 2.26. The minimum Gasteiger partial charge on any atom is -0.376 e. The van der Waals surface area contributed by atoms with E-state index in [-0.39, 0.29) is 12.0 Å². The number of aromatic nitrogens is 2. The second-order valence-corrected chi connectivity index (χ2v) is 10.3. The second kappa shape index (κ2) is 9.10. The minimum atomic E-state index is -0.0500. The predicted octanol–water partition coefficient (Wildman–Crippen LogP) is 5.86. The van der Waals surface area contributed by atoms with Crippen LogP contribution in [0.1, 0.15) is 39.5 Å². The number of ether oxygens (including phenoxy) is 1. The lowest BCUT2D eigenvalue weighted by molar-refractivity contribution is 0.0503. The van der Waals surface area contributed by atoms with E-state index in [2.05, 4.69) is 47.6 Å². The van der Waals surface area contributed by atoms with Crippen molar-refractivity contribution in [2.75, 3.05) is 13.2 Å². The maximum absolute atomic E-state index is 13.5. The summed E-state index contributed by atoms with van der Waals surface area (Å²) in [6, 6.07) is 12.6. The van der Waals surface area contributed by atoms with Gasteiger partial charge in [-0.15, -0.1) is 22.7 Å². The zero-order valence-electron chi connectivity index (χ0n) is 18.2. The first-order valence-electron chi connectivity index (χ1n) is 10.8. The Labute approximate surface area is 195 Å². The van der Waals surface area contributed by atoms with Crippen molar-refractivity contribution >= 4 is 39.5 Å². The molecule has 32 heavy (non-hydrogen) atoms. The van der Waals surface area contributed by atoms with E-state index in [0.29, 0.717) is 18.8 Å². The van der Waals surface area contributed by atoms with E-state index in [0.717, 1.165) is 51.5 Å². The Morgan fingerprint density at radius 2 is 2.09 bits per heavy atom. The molecule has 1 aromatic carbocycles. The van der Waals surface area contributed by atoms with Crippen molar-refractivity contribution in [2.45, 2.75) is 39.3 Å². The van der Waals surface area contributed by atoms with Gasteiger partial charge in [-0.2, -0.15) is 0 Å². The molecule has 5 rings (SSSR count). The van der Waals surface area contributed by atoms with Crippen LogP contribution in [0.25, 0.3) is 21.5 Å². The molecule has 1 aliphatic heterocycles. The Morgan fingerprint density at radius 1 is 1.19 bits per heavy atom. The van der Waals surface area contributed by atoms with E-state index in [1.165, 1.54) is 16.9 Å². The van der Waals surface area contributed by atoms with Crippen molar-refractivity contribution in [3.8, 4) is 10.6 Å². The molecule has 0 N–H and O–H groups in total. The average Bonchev–Trinajstić information content (AvgIpc) is 3.55. The monoisotopic (exact) mass is 463 g/mol. The second-order valence-electron chi connectivity index (χ2n) is 8.24. The van der Waals surface area contributed by atoms with Crippen LogP contribution in [0.2, 0.25) is 0 Å². The minimum absolute atomic E-state index is 0.0500. The molecular formula is C25H25N3O2S2. The summed E-state index contributed by atoms with van der Waals surface area (Å²) in [5.74, 6) is -0.0500. The Hall–Kier alpha value is -2.61. The Balaban J connectivity index is 1.55. The fraction of sp³-hybridized carbons (Fsp3) is 0.320. The van der Waals surface area contributed by atoms with Gasteiger partial charge in [0, 0.05) is 30.5 Å². The lowest BCUT2D eigenvalue weighted by atomic mass is 10.1. The first kappa shape index (κ1) is 21.2. The first-order chi connectivity index (χ1) is 15.6. The van der Waals surface area contributed by atoms with Crippen molar-refractivity contribution in [3.63, 3.8) is 0 Å². The molecule has 0 radical (unpaired) electrons. The normalized spacial score (nSPS) is 16.0. The van der Waals surface area contributed by atoms with Crippen molar-refractivity contribution in [1.82, 2.24) is 14.9 Å². The number of carbonyl (C=O) groups excluding carboxylic acids is 1. The molecule has 5 nitrogen and oxygen atoms in total. The van der Waals surface area contributed by atoms with Gasteiger partial charge in [-0.1, -0.05) is 18.2 Å². The van der Waals surface area contributed by atoms with Gasteiger partial charge in [0.25, 0.3) is 5.91 Å². The van der Waals surface area contributed by atoms with Crippen LogP contribution in [0.3, 0.4) is 0 Å². The average molecular weight is 464 g/mol. The molecule has 7 heteroatoms. The van der Waals surface area contributed by atoms with Crippen molar-refractivity contribution < 1.29 is 9.53 Å². The Kier molecular flexibility index (Phi) is 6.04. The molecule has 1 amide bonds. The molecule has 0 spiro atoms. The van der Waals surface area contributed by atoms with Crippen molar-refractivity contribution in [1.29, 1.82) is 0 Å². The third-order valence-corrected chi connectivity index (χ3v) is 7.39. The summed E-state index contributed by atoms with van der Waals surface area (Å²) in [4.78, 5) is 25.9. The van der Waals surface area contributed by atoms with Crippen LogP contribution >= 0.6 is 22.7 Å². The number of rotatable bonds is 6. The summed E-state index contributed by atoms with van der Waals surface area (Å²) in [7, 11) is 0. The van der Waals surface area contributed by atoms with Crippen molar-refractivity contribution in [2.24, 2.45) is 0 Å². The molecular weight excluding hydrogens is 438 g/mol. The molecule has 1 unspecified atom stereocenters. The molecule has 4 aromatic rings. The van der Waals surface area contributed by atoms with E-state index >= 15 is 0 Å². The van der Waals surface area contributed by atoms with Crippen LogP contribution in [-0.2, 0) is 11.3 Å². The molecule has 4 heterocycles. The number of benzene rings is 1. The maximum atomic E-state index is 13.5. The van der Waals surface area contributed by atoms with E-state index in [9.17, 15) is 4.79 Å². The number of hydrogen-bond acceptors (Lipinski definition) is 6. The van der Waals surface area contributed by atoms with Crippen LogP contribution in [0.4, 0.5) is 0 Å². The molecule has 0 bridgehead atoms. The quantitative estimate of drug-likeness (QED) is 0.359. The molecule has 0 aliphatic carbocycles. The number of hydrogen-bond donors (Lipinski definition) is 0. The first-order valence-corrected chi connectivity index (χ1v) is 12.6. The van der Waals surface area contributed by atoms with E-state index in [1.54, 1.807) is 11.3 Å². The summed E-state index contributed by atoms with van der Waals surface area (Å²) < 4.78 is 5.87. The van der Waals surface area contributed by atoms with Crippen LogP contribution in [-0.4, -0.2) is 40.0 Å². The van der Waals surface area contributed by atoms with Gasteiger partial charge in [-0.25, -0.2) is 9.97 Å². The third-order valence-electron chi connectivity index (χ3n) is 5.74. The van der Waals surface area contributed by atoms with Gasteiger partial charge in [-0.3, -0.25) is 4.79 Å². The van der Waals surface area contributed by atoms with Crippen molar-refractivity contribution in [3.05, 3.63) is 69.0 Å². The number of pyridine rings is 1. The third kappa shape index (κ3) is 4.46. The summed E-state index contributed by atoms with van der Waals surface area (Å²) in [6.07, 6.45) is 2.09. The van der Waals surface area contributed by atoms with Gasteiger partial charge in [0.05, 0.1) is 27.2 Å². The Morgan fingerprint density at radius 3 is 2.81 bits per heavy atom. The summed E-state index contributed by atoms with van der Waals surface area (Å²) >= 11 is 3.17. The standard InChI is InChI=1S/C25H25N3O2S2/c1-16-7-8-18-12-19(24(27-21(18)11-16)23-6-4-10-31-23)13-28(14-20-5-3-9-30-20)25(29)22-15-32-17(2)26-22/h4,6-8,10-12,15,20H,3,5,9,13-14H2,1-2H3. The number of carbonyl (C=O) groups is 1. The number of amides is 1. The van der Waals surface area contributed by atoms with E-state index in [1.807, 2.05) is 23.3 Å². The highest BCUT2D eigenvalue weighted by molar-refractivity contribution is 7.13. The predicted molar refractivity (Wildman–Crippen MR) is 130 cm³/mol. The van der Waals surface area contributed by atoms with Gasteiger partial charge in [0.2, 0.25) is 0 Å². The largest absolute Gasteiger partial charge is 0.376 e. The SMILES string of the molecule is Cc1ccc2cc(CN(CC3CCCO3)C(=O)c3csc(C)n3)c(-c3cccs3)nc2c1. The number of nitrogens with zero attached hydrogens (tertiary/aromatic N) is 3. The van der Waals surface area contributed by atoms with E-state index < -0.39 is 0 Å². The van der Waals surface area contributed by atoms with Crippen LogP contribution in [0, 0.1) is 13.8 Å². The number of aryl methyl sites for hydroxylation is 2. The molecule has 164 valence electrons. The van der Waals surface area contributed by atoms with Gasteiger partial charge in [0.1, 0.15) is 5.69 Å². The highest BCUT2D eigenvalue weighted by Crippen LogP contribution is 2.31. The van der Waals surface area contributed by atoms with Crippen LogP contribution in [0.15, 0.2) is 47.2 Å². The maximum Gasteiger partial charge on any atom is 0.273 e. The molecule has 1 fully saturated rings. The molecule has 1 saturated heterocycles. The van der Waals surface area contributed by atoms with Crippen LogP contribution < -0.4 is 0 Å². The number of thiophene rings is 1. The smallest absolute Gasteiger partial charge is 0.273 e. The zero-order chi connectivity index (χ0) is 22.1. The van der Waals surface area contributed by atoms with Gasteiger partial charge < -0.3 is 9.64 Å². The zero-order valence-corrected chi connectivity index (χ0v) is 19.8. The molecule has 1 atom stereocenters. The number of thiazole rings is 1. The molecule has 3 aromatic heterocycles. The summed E-state index contributed by atoms with van der Waals surface area (Å²) in [6.45, 7) is 5.80. The lowest BCUT2D eigenvalue weighted by Gasteiger charge is -2.26. The lowest BCUT2D eigenvalue weighted by Crippen LogP contribution is -2.37. The summed E-state index contributed by atoms with van der Waals surface area (Å²) in [5, 5.41) is 5.89. The number of fused-ring (bicyclic) bond motifs is 1. The fourth-order valence-electron chi connectivity index (χ4n) is 4.15. The molecule has 0 saturated carbocycles. The fourth-order valence-corrected chi connectivity index (χ4v) is 5.49. The van der Waals surface area contributed by atoms with Gasteiger partial charge in [-0.05, 0) is 61.4 Å². The molecule has 1 aliphatic rings.